The Kier molecular flexibility index (Phi) is 4.08. The highest BCUT2D eigenvalue weighted by molar-refractivity contribution is 7.09. The van der Waals surface area contributed by atoms with Crippen LogP contribution in [0.1, 0.15) is 4.88 Å². The Labute approximate surface area is 108 Å². The zero-order chi connectivity index (χ0) is 12.8. The monoisotopic (exact) mass is 264 g/mol. The zero-order valence-corrected chi connectivity index (χ0v) is 10.5. The van der Waals surface area contributed by atoms with Gasteiger partial charge in [0.15, 0.2) is 0 Å². The lowest BCUT2D eigenvalue weighted by Crippen LogP contribution is -2.28. The third-order valence-electron chi connectivity index (χ3n) is 2.12. The predicted octanol–water partition coefficient (Wildman–Crippen LogP) is 1.87. The van der Waals surface area contributed by atoms with Crippen molar-refractivity contribution in [1.29, 1.82) is 0 Å². The first-order valence-electron chi connectivity index (χ1n) is 5.21. The summed E-state index contributed by atoms with van der Waals surface area (Å²) in [5.74, 6) is 0.330. The van der Waals surface area contributed by atoms with Crippen LogP contribution in [0.4, 0.5) is 10.5 Å². The number of hydrogen-bond donors (Lipinski definition) is 2. The lowest BCUT2D eigenvalue weighted by Gasteiger charge is -2.08. The molecule has 0 saturated heterocycles. The maximum atomic E-state index is 11.6. The fraction of sp³-hybridized carbons (Fsp3) is 0.182. The standard InChI is InChI=1S/C11H12N4O2S/c1-17-10-9(6-12-7-14-10)15-11(16)13-5-8-3-2-4-18-8/h2-4,6-7H,5H2,1H3,(H2,13,15,16). The van der Waals surface area contributed by atoms with Crippen molar-refractivity contribution in [3.8, 4) is 5.88 Å². The third kappa shape index (κ3) is 3.17. The molecule has 0 saturated carbocycles. The molecular weight excluding hydrogens is 252 g/mol. The topological polar surface area (TPSA) is 76.1 Å². The molecule has 0 radical (unpaired) electrons. The van der Waals surface area contributed by atoms with E-state index in [9.17, 15) is 4.79 Å². The molecule has 2 aromatic heterocycles. The summed E-state index contributed by atoms with van der Waals surface area (Å²) in [7, 11) is 1.48. The van der Waals surface area contributed by atoms with Gasteiger partial charge >= 0.3 is 6.03 Å². The molecule has 0 fully saturated rings. The summed E-state index contributed by atoms with van der Waals surface area (Å²) in [5, 5.41) is 7.32. The van der Waals surface area contributed by atoms with E-state index in [1.165, 1.54) is 19.6 Å². The minimum atomic E-state index is -0.323. The quantitative estimate of drug-likeness (QED) is 0.883. The van der Waals surface area contributed by atoms with E-state index in [4.69, 9.17) is 4.74 Å². The van der Waals surface area contributed by atoms with Crippen molar-refractivity contribution in [2.24, 2.45) is 0 Å². The van der Waals surface area contributed by atoms with E-state index in [0.717, 1.165) is 4.88 Å². The molecule has 2 rings (SSSR count). The van der Waals surface area contributed by atoms with Gasteiger partial charge in [0, 0.05) is 4.88 Å². The second-order valence-corrected chi connectivity index (χ2v) is 4.36. The lowest BCUT2D eigenvalue weighted by molar-refractivity contribution is 0.251. The van der Waals surface area contributed by atoms with Crippen LogP contribution in [0.15, 0.2) is 30.0 Å². The number of anilines is 1. The van der Waals surface area contributed by atoms with Gasteiger partial charge in [-0.2, -0.15) is 4.98 Å². The number of hydrogen-bond acceptors (Lipinski definition) is 5. The van der Waals surface area contributed by atoms with Gasteiger partial charge in [-0.15, -0.1) is 11.3 Å². The number of amides is 2. The molecule has 18 heavy (non-hydrogen) atoms. The van der Waals surface area contributed by atoms with Gasteiger partial charge in [0.2, 0.25) is 5.88 Å². The van der Waals surface area contributed by atoms with Crippen LogP contribution in [0.3, 0.4) is 0 Å². The molecule has 2 amide bonds. The molecule has 94 valence electrons. The largest absolute Gasteiger partial charge is 0.479 e. The summed E-state index contributed by atoms with van der Waals surface area (Å²) in [6.45, 7) is 0.486. The number of carbonyl (C=O) groups is 1. The number of nitrogens with zero attached hydrogens (tertiary/aromatic N) is 2. The van der Waals surface area contributed by atoms with Crippen molar-refractivity contribution in [2.45, 2.75) is 6.54 Å². The highest BCUT2D eigenvalue weighted by Gasteiger charge is 2.08. The molecule has 7 heteroatoms. The number of nitrogens with one attached hydrogen (secondary N) is 2. The van der Waals surface area contributed by atoms with Gasteiger partial charge in [0.25, 0.3) is 0 Å². The molecule has 0 aliphatic rings. The van der Waals surface area contributed by atoms with Gasteiger partial charge in [0.1, 0.15) is 12.0 Å². The molecule has 0 aromatic carbocycles. The predicted molar refractivity (Wildman–Crippen MR) is 68.8 cm³/mol. The summed E-state index contributed by atoms with van der Waals surface area (Å²) >= 11 is 1.59. The minimum Gasteiger partial charge on any atom is -0.479 e. The van der Waals surface area contributed by atoms with Crippen molar-refractivity contribution in [3.63, 3.8) is 0 Å². The molecule has 2 aromatic rings. The first kappa shape index (κ1) is 12.3. The van der Waals surface area contributed by atoms with E-state index in [-0.39, 0.29) is 6.03 Å². The Balaban J connectivity index is 1.90. The number of carbonyl (C=O) groups excluding carboxylic acids is 1. The van der Waals surface area contributed by atoms with Crippen molar-refractivity contribution >= 4 is 23.1 Å². The molecule has 0 bridgehead atoms. The molecule has 0 spiro atoms. The average Bonchev–Trinajstić information content (AvgIpc) is 2.90. The second-order valence-electron chi connectivity index (χ2n) is 3.33. The van der Waals surface area contributed by atoms with E-state index >= 15 is 0 Å². The number of thiophene rings is 1. The Bertz CT molecular complexity index is 516. The molecular formula is C11H12N4O2S. The summed E-state index contributed by atoms with van der Waals surface area (Å²) in [6, 6.07) is 3.57. The fourth-order valence-electron chi connectivity index (χ4n) is 1.31. The smallest absolute Gasteiger partial charge is 0.319 e. The first-order valence-corrected chi connectivity index (χ1v) is 6.09. The molecule has 2 N–H and O–H groups in total. The SMILES string of the molecule is COc1ncncc1NC(=O)NCc1cccs1. The summed E-state index contributed by atoms with van der Waals surface area (Å²) in [4.78, 5) is 20.4. The van der Waals surface area contributed by atoms with E-state index in [0.29, 0.717) is 18.1 Å². The van der Waals surface area contributed by atoms with Crippen LogP contribution in [-0.2, 0) is 6.54 Å². The van der Waals surface area contributed by atoms with Crippen molar-refractivity contribution in [3.05, 3.63) is 34.9 Å². The molecule has 6 nitrogen and oxygen atoms in total. The van der Waals surface area contributed by atoms with Crippen molar-refractivity contribution in [2.75, 3.05) is 12.4 Å². The van der Waals surface area contributed by atoms with Gasteiger partial charge in [-0.1, -0.05) is 6.07 Å². The van der Waals surface area contributed by atoms with Crippen LogP contribution in [-0.4, -0.2) is 23.1 Å². The van der Waals surface area contributed by atoms with Gasteiger partial charge in [-0.3, -0.25) is 0 Å². The van der Waals surface area contributed by atoms with Gasteiger partial charge < -0.3 is 15.4 Å². The minimum absolute atomic E-state index is 0.323. The van der Waals surface area contributed by atoms with Gasteiger partial charge in [-0.25, -0.2) is 9.78 Å². The van der Waals surface area contributed by atoms with Crippen LogP contribution in [0.25, 0.3) is 0 Å². The Morgan fingerprint density at radius 1 is 1.56 bits per heavy atom. The number of aromatic nitrogens is 2. The van der Waals surface area contributed by atoms with Crippen LogP contribution >= 0.6 is 11.3 Å². The molecule has 0 atom stereocenters. The van der Waals surface area contributed by atoms with Crippen LogP contribution in [0.2, 0.25) is 0 Å². The number of urea groups is 1. The summed E-state index contributed by atoms with van der Waals surface area (Å²) < 4.78 is 5.01. The van der Waals surface area contributed by atoms with E-state index in [1.54, 1.807) is 11.3 Å². The van der Waals surface area contributed by atoms with E-state index in [2.05, 4.69) is 20.6 Å². The van der Waals surface area contributed by atoms with Crippen LogP contribution in [0, 0.1) is 0 Å². The lowest BCUT2D eigenvalue weighted by atomic mass is 10.4. The molecule has 0 aliphatic carbocycles. The van der Waals surface area contributed by atoms with Crippen LogP contribution in [0.5, 0.6) is 5.88 Å². The number of rotatable bonds is 4. The third-order valence-corrected chi connectivity index (χ3v) is 3.00. The highest BCUT2D eigenvalue weighted by Crippen LogP contribution is 2.18. The highest BCUT2D eigenvalue weighted by atomic mass is 32.1. The zero-order valence-electron chi connectivity index (χ0n) is 9.71. The molecule has 0 aliphatic heterocycles. The average molecular weight is 264 g/mol. The van der Waals surface area contributed by atoms with E-state index in [1.807, 2.05) is 17.5 Å². The van der Waals surface area contributed by atoms with Gasteiger partial charge in [0.05, 0.1) is 19.9 Å². The fourth-order valence-corrected chi connectivity index (χ4v) is 1.96. The summed E-state index contributed by atoms with van der Waals surface area (Å²) in [6.07, 6.45) is 2.84. The second kappa shape index (κ2) is 5.97. The van der Waals surface area contributed by atoms with Crippen molar-refractivity contribution < 1.29 is 9.53 Å². The Morgan fingerprint density at radius 3 is 3.17 bits per heavy atom. The van der Waals surface area contributed by atoms with E-state index < -0.39 is 0 Å². The first-order chi connectivity index (χ1) is 8.79. The maximum absolute atomic E-state index is 11.6. The Morgan fingerprint density at radius 2 is 2.44 bits per heavy atom. The number of ether oxygens (including phenoxy) is 1. The molecule has 0 unspecified atom stereocenters. The van der Waals surface area contributed by atoms with Crippen LogP contribution < -0.4 is 15.4 Å². The normalized spacial score (nSPS) is 9.83. The molecule has 2 heterocycles. The maximum Gasteiger partial charge on any atom is 0.319 e. The Hall–Kier alpha value is -2.15. The van der Waals surface area contributed by atoms with Gasteiger partial charge in [-0.05, 0) is 11.4 Å². The van der Waals surface area contributed by atoms with Crippen molar-refractivity contribution in [1.82, 2.24) is 15.3 Å². The number of methoxy groups -OCH3 is 1. The summed E-state index contributed by atoms with van der Waals surface area (Å²) in [5.41, 5.74) is 0.434.